The van der Waals surface area contributed by atoms with Gasteiger partial charge in [-0.1, -0.05) is 48.5 Å². The number of aliphatic hydroxyl groups is 1. The number of halogens is 1. The highest BCUT2D eigenvalue weighted by Gasteiger charge is 2.44. The lowest BCUT2D eigenvalue weighted by Crippen LogP contribution is -2.25. The lowest BCUT2D eigenvalue weighted by molar-refractivity contribution is -0.122. The Bertz CT molecular complexity index is 964. The van der Waals surface area contributed by atoms with Crippen LogP contribution < -0.4 is 5.32 Å². The monoisotopic (exact) mass is 349 g/mol. The van der Waals surface area contributed by atoms with Gasteiger partial charge in [-0.15, -0.1) is 0 Å². The van der Waals surface area contributed by atoms with E-state index in [4.69, 9.17) is 5.11 Å². The highest BCUT2D eigenvalue weighted by molar-refractivity contribution is 5.89. The second kappa shape index (κ2) is 6.89. The van der Waals surface area contributed by atoms with Crippen LogP contribution in [0, 0.1) is 11.7 Å². The molecule has 2 atom stereocenters. The Morgan fingerprint density at radius 1 is 1.12 bits per heavy atom. The molecule has 0 aliphatic heterocycles. The molecule has 0 heterocycles. The van der Waals surface area contributed by atoms with Crippen molar-refractivity contribution < 1.29 is 14.3 Å². The molecule has 3 aromatic rings. The lowest BCUT2D eigenvalue weighted by atomic mass is 10.00. The van der Waals surface area contributed by atoms with E-state index in [1.807, 2.05) is 18.2 Å². The van der Waals surface area contributed by atoms with Gasteiger partial charge in [-0.25, -0.2) is 4.39 Å². The van der Waals surface area contributed by atoms with Gasteiger partial charge in [0, 0.05) is 18.0 Å². The number of rotatable bonds is 5. The van der Waals surface area contributed by atoms with Gasteiger partial charge in [0.25, 0.3) is 0 Å². The minimum Gasteiger partial charge on any atom is -0.392 e. The van der Waals surface area contributed by atoms with Crippen molar-refractivity contribution in [3.8, 4) is 0 Å². The van der Waals surface area contributed by atoms with Crippen molar-refractivity contribution in [3.63, 3.8) is 0 Å². The fourth-order valence-electron chi connectivity index (χ4n) is 3.58. The Hall–Kier alpha value is -2.72. The van der Waals surface area contributed by atoms with Gasteiger partial charge in [-0.05, 0) is 46.4 Å². The summed E-state index contributed by atoms with van der Waals surface area (Å²) in [4.78, 5) is 12.5. The number of aliphatic hydroxyl groups excluding tert-OH is 1. The van der Waals surface area contributed by atoms with Crippen molar-refractivity contribution in [3.05, 3.63) is 83.2 Å². The maximum atomic E-state index is 13.4. The third kappa shape index (κ3) is 3.20. The molecular formula is C22H20FNO2. The number of benzene rings is 3. The predicted molar refractivity (Wildman–Crippen MR) is 99.0 cm³/mol. The molecule has 4 heteroatoms. The molecule has 0 radical (unpaired) electrons. The molecular weight excluding hydrogens is 329 g/mol. The molecule has 2 unspecified atom stereocenters. The molecule has 1 fully saturated rings. The first-order valence-electron chi connectivity index (χ1n) is 8.81. The van der Waals surface area contributed by atoms with Gasteiger partial charge in [0.1, 0.15) is 5.82 Å². The second-order valence-corrected chi connectivity index (χ2v) is 6.82. The number of nitrogens with one attached hydrogen (secondary N) is 1. The third-order valence-electron chi connectivity index (χ3n) is 5.10. The molecule has 1 saturated carbocycles. The van der Waals surface area contributed by atoms with Crippen LogP contribution in [-0.4, -0.2) is 11.0 Å². The van der Waals surface area contributed by atoms with Gasteiger partial charge in [-0.2, -0.15) is 0 Å². The average Bonchev–Trinajstić information content (AvgIpc) is 3.47. The number of hydrogen-bond donors (Lipinski definition) is 2. The molecule has 1 aliphatic carbocycles. The number of carbonyl (C=O) groups excluding carboxylic acids is 1. The Morgan fingerprint density at radius 3 is 2.77 bits per heavy atom. The van der Waals surface area contributed by atoms with Gasteiger partial charge in [0.2, 0.25) is 5.91 Å². The van der Waals surface area contributed by atoms with E-state index >= 15 is 0 Å². The van der Waals surface area contributed by atoms with Crippen LogP contribution in [0.15, 0.2) is 60.7 Å². The van der Waals surface area contributed by atoms with Gasteiger partial charge in [-0.3, -0.25) is 4.79 Å². The fourth-order valence-corrected chi connectivity index (χ4v) is 3.58. The summed E-state index contributed by atoms with van der Waals surface area (Å²) in [7, 11) is 0. The Labute approximate surface area is 151 Å². The number of carbonyl (C=O) groups is 1. The molecule has 0 saturated heterocycles. The SMILES string of the molecule is O=C(NCc1ccc(F)c(CO)c1)C1CC1c1cccc2ccccc12. The topological polar surface area (TPSA) is 49.3 Å². The zero-order valence-corrected chi connectivity index (χ0v) is 14.3. The summed E-state index contributed by atoms with van der Waals surface area (Å²) < 4.78 is 13.4. The summed E-state index contributed by atoms with van der Waals surface area (Å²) in [6, 6.07) is 19.0. The summed E-state index contributed by atoms with van der Waals surface area (Å²) in [6.45, 7) is -0.00965. The summed E-state index contributed by atoms with van der Waals surface area (Å²) in [5.41, 5.74) is 2.26. The van der Waals surface area contributed by atoms with Crippen LogP contribution in [0.25, 0.3) is 10.8 Å². The highest BCUT2D eigenvalue weighted by Crippen LogP contribution is 2.49. The second-order valence-electron chi connectivity index (χ2n) is 6.82. The molecule has 1 amide bonds. The summed E-state index contributed by atoms with van der Waals surface area (Å²) in [5.74, 6) is -0.167. The summed E-state index contributed by atoms with van der Waals surface area (Å²) in [6.07, 6.45) is 0.852. The first kappa shape index (κ1) is 16.7. The normalized spacial score (nSPS) is 18.7. The van der Waals surface area contributed by atoms with Gasteiger partial charge < -0.3 is 10.4 Å². The van der Waals surface area contributed by atoms with E-state index in [-0.39, 0.29) is 29.9 Å². The van der Waals surface area contributed by atoms with Crippen molar-refractivity contribution >= 4 is 16.7 Å². The number of amides is 1. The number of hydrogen-bond acceptors (Lipinski definition) is 2. The zero-order valence-electron chi connectivity index (χ0n) is 14.3. The molecule has 1 aliphatic rings. The Morgan fingerprint density at radius 2 is 1.92 bits per heavy atom. The number of fused-ring (bicyclic) bond motifs is 1. The highest BCUT2D eigenvalue weighted by atomic mass is 19.1. The van der Waals surface area contributed by atoms with Crippen molar-refractivity contribution in [2.75, 3.05) is 0 Å². The van der Waals surface area contributed by atoms with Crippen LogP contribution in [0.5, 0.6) is 0 Å². The Balaban J connectivity index is 1.43. The van der Waals surface area contributed by atoms with Gasteiger partial charge in [0.05, 0.1) is 6.61 Å². The van der Waals surface area contributed by atoms with Crippen LogP contribution in [0.3, 0.4) is 0 Å². The first-order chi connectivity index (χ1) is 12.7. The predicted octanol–water partition coefficient (Wildman–Crippen LogP) is 3.89. The molecule has 0 spiro atoms. The molecule has 26 heavy (non-hydrogen) atoms. The van der Waals surface area contributed by atoms with Gasteiger partial charge >= 0.3 is 0 Å². The van der Waals surface area contributed by atoms with Crippen molar-refractivity contribution in [2.24, 2.45) is 5.92 Å². The van der Waals surface area contributed by atoms with E-state index < -0.39 is 5.82 Å². The minimum atomic E-state index is -0.430. The van der Waals surface area contributed by atoms with E-state index in [2.05, 4.69) is 29.6 Å². The van der Waals surface area contributed by atoms with Crippen molar-refractivity contribution in [1.29, 1.82) is 0 Å². The zero-order chi connectivity index (χ0) is 18.1. The van der Waals surface area contributed by atoms with E-state index in [9.17, 15) is 9.18 Å². The maximum Gasteiger partial charge on any atom is 0.224 e. The molecule has 4 rings (SSSR count). The summed E-state index contributed by atoms with van der Waals surface area (Å²) >= 11 is 0. The molecule has 0 aromatic heterocycles. The van der Waals surface area contributed by atoms with Crippen LogP contribution in [0.1, 0.15) is 29.0 Å². The van der Waals surface area contributed by atoms with Crippen LogP contribution in [0.2, 0.25) is 0 Å². The van der Waals surface area contributed by atoms with E-state index in [0.717, 1.165) is 12.0 Å². The molecule has 2 N–H and O–H groups in total. The first-order valence-corrected chi connectivity index (χ1v) is 8.81. The van der Waals surface area contributed by atoms with Crippen molar-refractivity contribution in [1.82, 2.24) is 5.32 Å². The molecule has 0 bridgehead atoms. The maximum absolute atomic E-state index is 13.4. The summed E-state index contributed by atoms with van der Waals surface area (Å²) in [5, 5.41) is 14.5. The van der Waals surface area contributed by atoms with Crippen molar-refractivity contribution in [2.45, 2.75) is 25.5 Å². The van der Waals surface area contributed by atoms with Gasteiger partial charge in [0.15, 0.2) is 0 Å². The van der Waals surface area contributed by atoms with E-state index in [0.29, 0.717) is 6.54 Å². The van der Waals surface area contributed by atoms with E-state index in [1.54, 1.807) is 12.1 Å². The largest absolute Gasteiger partial charge is 0.392 e. The van der Waals surface area contributed by atoms with Crippen LogP contribution in [-0.2, 0) is 17.9 Å². The minimum absolute atomic E-state index is 0.0152. The quantitative estimate of drug-likeness (QED) is 0.734. The van der Waals surface area contributed by atoms with Crippen LogP contribution in [0.4, 0.5) is 4.39 Å². The van der Waals surface area contributed by atoms with E-state index in [1.165, 1.54) is 22.4 Å². The fraction of sp³-hybridized carbons (Fsp3) is 0.227. The lowest BCUT2D eigenvalue weighted by Gasteiger charge is -2.08. The Kier molecular flexibility index (Phi) is 4.43. The molecule has 132 valence electrons. The third-order valence-corrected chi connectivity index (χ3v) is 5.10. The van der Waals surface area contributed by atoms with Crippen LogP contribution >= 0.6 is 0 Å². The smallest absolute Gasteiger partial charge is 0.224 e. The molecule has 3 nitrogen and oxygen atoms in total. The standard InChI is InChI=1S/C22H20FNO2/c23-21-9-8-14(10-16(21)13-25)12-24-22(26)20-11-19(20)18-7-3-5-15-4-1-2-6-17(15)18/h1-10,19-20,25H,11-13H2,(H,24,26). The molecule has 3 aromatic carbocycles. The average molecular weight is 349 g/mol.